The highest BCUT2D eigenvalue weighted by Crippen LogP contribution is 2.30. The largest absolute Gasteiger partial charge is 0.307 e. The van der Waals surface area contributed by atoms with E-state index in [2.05, 4.69) is 40.3 Å². The molecule has 1 N–H and O–H groups in total. The summed E-state index contributed by atoms with van der Waals surface area (Å²) < 4.78 is 1.23. The molecule has 78 valence electrons. The molecule has 1 saturated carbocycles. The molecule has 14 heavy (non-hydrogen) atoms. The van der Waals surface area contributed by atoms with Crippen LogP contribution < -0.4 is 5.32 Å². The molecule has 2 rings (SSSR count). The number of rotatable bonds is 3. The summed E-state index contributed by atoms with van der Waals surface area (Å²) in [6, 6.07) is 4.32. The van der Waals surface area contributed by atoms with Gasteiger partial charge in [0.1, 0.15) is 0 Å². The lowest BCUT2D eigenvalue weighted by molar-refractivity contribution is 0.364. The molecule has 0 saturated heterocycles. The molecule has 0 atom stereocenters. The van der Waals surface area contributed by atoms with Crippen molar-refractivity contribution >= 4 is 27.3 Å². The van der Waals surface area contributed by atoms with Crippen LogP contribution in [0.15, 0.2) is 15.9 Å². The Bertz CT molecular complexity index is 302. The summed E-state index contributed by atoms with van der Waals surface area (Å²) in [4.78, 5) is 1.42. The quantitative estimate of drug-likeness (QED) is 0.880. The lowest BCUT2D eigenvalue weighted by atomic mass is 10.0. The van der Waals surface area contributed by atoms with E-state index < -0.39 is 0 Å². The number of hydrogen-bond donors (Lipinski definition) is 1. The highest BCUT2D eigenvalue weighted by atomic mass is 79.9. The van der Waals surface area contributed by atoms with Gasteiger partial charge in [-0.3, -0.25) is 0 Å². The first-order valence-corrected chi connectivity index (χ1v) is 6.78. The number of nitrogens with one attached hydrogen (secondary N) is 1. The molecule has 1 fully saturated rings. The van der Waals surface area contributed by atoms with Crippen molar-refractivity contribution in [3.05, 3.63) is 20.8 Å². The molecule has 1 aliphatic rings. The molecule has 3 heteroatoms. The van der Waals surface area contributed by atoms with E-state index in [0.29, 0.717) is 5.54 Å². The Morgan fingerprint density at radius 2 is 2.14 bits per heavy atom. The van der Waals surface area contributed by atoms with Gasteiger partial charge in [0.2, 0.25) is 0 Å². The second-order valence-electron chi connectivity index (χ2n) is 4.33. The predicted molar refractivity (Wildman–Crippen MR) is 65.7 cm³/mol. The highest BCUT2D eigenvalue weighted by molar-refractivity contribution is 9.11. The summed E-state index contributed by atoms with van der Waals surface area (Å²) in [6.45, 7) is 3.37. The minimum atomic E-state index is 0.399. The first kappa shape index (κ1) is 10.7. The fraction of sp³-hybridized carbons (Fsp3) is 0.636. The average Bonchev–Trinajstić information content (AvgIpc) is 2.73. The summed E-state index contributed by atoms with van der Waals surface area (Å²) in [7, 11) is 0. The summed E-state index contributed by atoms with van der Waals surface area (Å²) in [5, 5.41) is 3.68. The SMILES string of the molecule is CC1(NCc2ccc(Br)s2)CCCC1. The molecular weight excluding hydrogens is 258 g/mol. The van der Waals surface area contributed by atoms with Crippen molar-refractivity contribution in [2.75, 3.05) is 0 Å². The van der Waals surface area contributed by atoms with Crippen LogP contribution >= 0.6 is 27.3 Å². The van der Waals surface area contributed by atoms with Crippen LogP contribution in [0, 0.1) is 0 Å². The van der Waals surface area contributed by atoms with Crippen LogP contribution in [0.3, 0.4) is 0 Å². The van der Waals surface area contributed by atoms with Gasteiger partial charge in [-0.2, -0.15) is 0 Å². The lowest BCUT2D eigenvalue weighted by Gasteiger charge is -2.24. The van der Waals surface area contributed by atoms with Gasteiger partial charge in [0.15, 0.2) is 0 Å². The summed E-state index contributed by atoms with van der Waals surface area (Å²) in [5.41, 5.74) is 0.399. The second-order valence-corrected chi connectivity index (χ2v) is 6.87. The fourth-order valence-electron chi connectivity index (χ4n) is 2.08. The van der Waals surface area contributed by atoms with Gasteiger partial charge >= 0.3 is 0 Å². The van der Waals surface area contributed by atoms with Gasteiger partial charge < -0.3 is 5.32 Å². The van der Waals surface area contributed by atoms with Crippen molar-refractivity contribution in [3.63, 3.8) is 0 Å². The van der Waals surface area contributed by atoms with Crippen molar-refractivity contribution in [1.82, 2.24) is 5.32 Å². The zero-order valence-electron chi connectivity index (χ0n) is 8.48. The maximum atomic E-state index is 3.68. The van der Waals surface area contributed by atoms with E-state index in [1.807, 2.05) is 11.3 Å². The van der Waals surface area contributed by atoms with Crippen LogP contribution in [-0.4, -0.2) is 5.54 Å². The minimum absolute atomic E-state index is 0.399. The van der Waals surface area contributed by atoms with Gasteiger partial charge in [-0.15, -0.1) is 11.3 Å². The van der Waals surface area contributed by atoms with Crippen LogP contribution in [0.1, 0.15) is 37.5 Å². The second kappa shape index (κ2) is 4.33. The minimum Gasteiger partial charge on any atom is -0.307 e. The molecule has 0 amide bonds. The van der Waals surface area contributed by atoms with Gasteiger partial charge in [0, 0.05) is 17.0 Å². The van der Waals surface area contributed by atoms with E-state index in [1.54, 1.807) is 0 Å². The topological polar surface area (TPSA) is 12.0 Å². The molecule has 0 unspecified atom stereocenters. The fourth-order valence-corrected chi connectivity index (χ4v) is 3.50. The maximum absolute atomic E-state index is 3.68. The van der Waals surface area contributed by atoms with E-state index in [9.17, 15) is 0 Å². The average molecular weight is 274 g/mol. The number of halogens is 1. The van der Waals surface area contributed by atoms with Gasteiger partial charge in [0.05, 0.1) is 3.79 Å². The monoisotopic (exact) mass is 273 g/mol. The predicted octanol–water partition coefficient (Wildman–Crippen LogP) is 3.93. The molecule has 1 heterocycles. The van der Waals surface area contributed by atoms with Crippen LogP contribution in [0.2, 0.25) is 0 Å². The molecule has 1 aliphatic carbocycles. The molecule has 0 aliphatic heterocycles. The van der Waals surface area contributed by atoms with Crippen molar-refractivity contribution < 1.29 is 0 Å². The van der Waals surface area contributed by atoms with E-state index in [4.69, 9.17) is 0 Å². The molecule has 1 nitrogen and oxygen atoms in total. The first-order chi connectivity index (χ1) is 6.68. The van der Waals surface area contributed by atoms with Crippen LogP contribution in [0.4, 0.5) is 0 Å². The molecule has 0 radical (unpaired) electrons. The van der Waals surface area contributed by atoms with Crippen molar-refractivity contribution in [1.29, 1.82) is 0 Å². The van der Waals surface area contributed by atoms with Gasteiger partial charge in [0.25, 0.3) is 0 Å². The van der Waals surface area contributed by atoms with E-state index in [1.165, 1.54) is 34.3 Å². The van der Waals surface area contributed by atoms with E-state index in [-0.39, 0.29) is 0 Å². The van der Waals surface area contributed by atoms with Gasteiger partial charge in [-0.25, -0.2) is 0 Å². The smallest absolute Gasteiger partial charge is 0.0701 e. The first-order valence-electron chi connectivity index (χ1n) is 5.17. The third-order valence-corrected chi connectivity index (χ3v) is 4.65. The van der Waals surface area contributed by atoms with Gasteiger partial charge in [-0.05, 0) is 47.8 Å². The van der Waals surface area contributed by atoms with Crippen molar-refractivity contribution in [2.24, 2.45) is 0 Å². The van der Waals surface area contributed by atoms with Crippen LogP contribution in [-0.2, 0) is 6.54 Å². The highest BCUT2D eigenvalue weighted by Gasteiger charge is 2.27. The molecule has 1 aromatic rings. The maximum Gasteiger partial charge on any atom is 0.0701 e. The van der Waals surface area contributed by atoms with Crippen LogP contribution in [0.25, 0.3) is 0 Å². The Morgan fingerprint density at radius 3 is 2.71 bits per heavy atom. The summed E-state index contributed by atoms with van der Waals surface area (Å²) in [5.74, 6) is 0. The van der Waals surface area contributed by atoms with Gasteiger partial charge in [-0.1, -0.05) is 12.8 Å². The third-order valence-electron chi connectivity index (χ3n) is 3.03. The van der Waals surface area contributed by atoms with Crippen molar-refractivity contribution in [2.45, 2.75) is 44.7 Å². The Morgan fingerprint density at radius 1 is 1.43 bits per heavy atom. The molecule has 0 aromatic carbocycles. The van der Waals surface area contributed by atoms with E-state index >= 15 is 0 Å². The Balaban J connectivity index is 1.87. The third kappa shape index (κ3) is 2.59. The van der Waals surface area contributed by atoms with Crippen LogP contribution in [0.5, 0.6) is 0 Å². The van der Waals surface area contributed by atoms with Crippen molar-refractivity contribution in [3.8, 4) is 0 Å². The zero-order valence-corrected chi connectivity index (χ0v) is 10.9. The molecular formula is C11H16BrNS. The standard InChI is InChI=1S/C11H16BrNS/c1-11(6-2-3-7-11)13-8-9-4-5-10(12)14-9/h4-5,13H,2-3,6-8H2,1H3. The van der Waals surface area contributed by atoms with E-state index in [0.717, 1.165) is 6.54 Å². The normalized spacial score (nSPS) is 20.1. The Labute approximate surface area is 98.0 Å². The Kier molecular flexibility index (Phi) is 3.30. The summed E-state index contributed by atoms with van der Waals surface area (Å²) in [6.07, 6.45) is 5.44. The zero-order chi connectivity index (χ0) is 10.0. The molecule has 0 spiro atoms. The number of thiophene rings is 1. The lowest BCUT2D eigenvalue weighted by Crippen LogP contribution is -2.38. The molecule has 0 bridgehead atoms. The number of hydrogen-bond acceptors (Lipinski definition) is 2. The summed E-state index contributed by atoms with van der Waals surface area (Å²) >= 11 is 5.31. The Hall–Kier alpha value is 0.140. The molecule has 1 aromatic heterocycles.